The monoisotopic (exact) mass is 247 g/mol. The minimum atomic E-state index is -2.17. The Morgan fingerprint density at radius 3 is 1.88 bits per heavy atom. The van der Waals surface area contributed by atoms with E-state index in [4.69, 9.17) is 9.84 Å². The number of hydrogen-bond acceptors (Lipinski definition) is 5. The Bertz CT molecular complexity index is 332. The Balaban J connectivity index is 4.85. The molecule has 0 aliphatic carbocycles. The van der Waals surface area contributed by atoms with Gasteiger partial charge < -0.3 is 14.6 Å². The van der Waals surface area contributed by atoms with Gasteiger partial charge in [-0.3, -0.25) is 5.32 Å². The number of amides is 1. The predicted molar refractivity (Wildman–Crippen MR) is 57.4 cm³/mol. The van der Waals surface area contributed by atoms with Gasteiger partial charge in [0, 0.05) is 0 Å². The summed E-state index contributed by atoms with van der Waals surface area (Å²) in [5, 5.41) is 10.9. The first-order valence-corrected chi connectivity index (χ1v) is 4.86. The highest BCUT2D eigenvalue weighted by Gasteiger charge is 2.45. The Labute approximate surface area is 99.1 Å². The van der Waals surface area contributed by atoms with Crippen LogP contribution in [0.3, 0.4) is 0 Å². The minimum Gasteiger partial charge on any atom is -0.479 e. The quantitative estimate of drug-likeness (QED) is 0.557. The van der Waals surface area contributed by atoms with Crippen molar-refractivity contribution in [2.24, 2.45) is 0 Å². The highest BCUT2D eigenvalue weighted by molar-refractivity contribution is 6.05. The van der Waals surface area contributed by atoms with Gasteiger partial charge in [-0.25, -0.2) is 14.4 Å². The van der Waals surface area contributed by atoms with Gasteiger partial charge in [-0.2, -0.15) is 0 Å². The summed E-state index contributed by atoms with van der Waals surface area (Å²) in [6.45, 7) is 5.86. The predicted octanol–water partition coefficient (Wildman–Crippen LogP) is 0.527. The van der Waals surface area contributed by atoms with Crippen LogP contribution in [0.2, 0.25) is 0 Å². The molecule has 1 unspecified atom stereocenters. The van der Waals surface area contributed by atoms with Crippen molar-refractivity contribution in [3.63, 3.8) is 0 Å². The van der Waals surface area contributed by atoms with Crippen LogP contribution in [0.1, 0.15) is 27.7 Å². The number of alkyl carbamates (subject to hydrolysis) is 1. The van der Waals surface area contributed by atoms with Gasteiger partial charge >= 0.3 is 18.0 Å². The van der Waals surface area contributed by atoms with E-state index in [1.165, 1.54) is 0 Å². The molecule has 7 nitrogen and oxygen atoms in total. The van der Waals surface area contributed by atoms with Crippen LogP contribution >= 0.6 is 0 Å². The molecule has 1 atom stereocenters. The van der Waals surface area contributed by atoms with Crippen molar-refractivity contribution in [2.75, 3.05) is 7.11 Å². The number of carboxylic acids is 1. The Morgan fingerprint density at radius 2 is 1.59 bits per heavy atom. The first kappa shape index (κ1) is 15.2. The Hall–Kier alpha value is -1.79. The van der Waals surface area contributed by atoms with Crippen molar-refractivity contribution in [3.05, 3.63) is 0 Å². The zero-order valence-electron chi connectivity index (χ0n) is 10.5. The van der Waals surface area contributed by atoms with E-state index in [1.54, 1.807) is 20.8 Å². The number of aliphatic carboxylic acids is 1. The van der Waals surface area contributed by atoms with Crippen LogP contribution in [-0.4, -0.2) is 41.4 Å². The molecule has 0 aromatic carbocycles. The van der Waals surface area contributed by atoms with Crippen molar-refractivity contribution in [1.82, 2.24) is 5.32 Å². The third-order valence-corrected chi connectivity index (χ3v) is 1.77. The van der Waals surface area contributed by atoms with E-state index < -0.39 is 29.2 Å². The van der Waals surface area contributed by atoms with E-state index in [2.05, 4.69) is 4.74 Å². The molecule has 0 radical (unpaired) electrons. The summed E-state index contributed by atoms with van der Waals surface area (Å²) >= 11 is 0. The second kappa shape index (κ2) is 5.03. The van der Waals surface area contributed by atoms with Crippen LogP contribution in [0.25, 0.3) is 0 Å². The summed E-state index contributed by atoms with van der Waals surface area (Å²) in [5.74, 6) is -2.62. The molecule has 0 aliphatic rings. The van der Waals surface area contributed by atoms with Crippen molar-refractivity contribution in [3.8, 4) is 0 Å². The second-order valence-corrected chi connectivity index (χ2v) is 4.55. The van der Waals surface area contributed by atoms with Crippen molar-refractivity contribution in [2.45, 2.75) is 38.8 Å². The summed E-state index contributed by atoms with van der Waals surface area (Å²) in [7, 11) is 1.03. The number of ether oxygens (including phenoxy) is 2. The number of methoxy groups -OCH3 is 1. The lowest BCUT2D eigenvalue weighted by Gasteiger charge is -2.26. The van der Waals surface area contributed by atoms with E-state index in [0.29, 0.717) is 0 Å². The Morgan fingerprint density at radius 1 is 1.12 bits per heavy atom. The van der Waals surface area contributed by atoms with Crippen molar-refractivity contribution in [1.29, 1.82) is 0 Å². The van der Waals surface area contributed by atoms with Crippen LogP contribution in [0.5, 0.6) is 0 Å². The van der Waals surface area contributed by atoms with E-state index >= 15 is 0 Å². The summed E-state index contributed by atoms with van der Waals surface area (Å²) in [6.07, 6.45) is -1.01. The molecule has 7 heteroatoms. The molecule has 0 bridgehead atoms. The van der Waals surface area contributed by atoms with Crippen LogP contribution in [0.15, 0.2) is 0 Å². The number of rotatable bonds is 3. The summed E-state index contributed by atoms with van der Waals surface area (Å²) in [5.41, 5.74) is -2.96. The highest BCUT2D eigenvalue weighted by atomic mass is 16.6. The average molecular weight is 247 g/mol. The van der Waals surface area contributed by atoms with Crippen LogP contribution in [0.4, 0.5) is 4.79 Å². The summed E-state index contributed by atoms with van der Waals surface area (Å²) < 4.78 is 9.17. The standard InChI is InChI=1S/C10H17NO6/c1-9(2,3)17-8(15)11-10(4,6(12)13)7(14)16-5/h1-5H3,(H,11,15)(H,12,13). The fourth-order valence-electron chi connectivity index (χ4n) is 0.904. The van der Waals surface area contributed by atoms with Crippen molar-refractivity contribution < 1.29 is 29.0 Å². The normalized spacial score (nSPS) is 14.4. The maximum absolute atomic E-state index is 11.4. The molecule has 0 aliphatic heterocycles. The van der Waals surface area contributed by atoms with Gasteiger partial charge in [-0.15, -0.1) is 0 Å². The molecule has 0 saturated carbocycles. The van der Waals surface area contributed by atoms with E-state index in [9.17, 15) is 14.4 Å². The van der Waals surface area contributed by atoms with Gasteiger partial charge in [-0.05, 0) is 27.7 Å². The number of hydrogen-bond donors (Lipinski definition) is 2. The fourth-order valence-corrected chi connectivity index (χ4v) is 0.904. The smallest absolute Gasteiger partial charge is 0.409 e. The molecule has 0 spiro atoms. The first-order valence-electron chi connectivity index (χ1n) is 4.86. The molecule has 0 heterocycles. The van der Waals surface area contributed by atoms with E-state index in [-0.39, 0.29) is 0 Å². The lowest BCUT2D eigenvalue weighted by Crippen LogP contribution is -2.59. The van der Waals surface area contributed by atoms with Gasteiger partial charge in [0.1, 0.15) is 5.60 Å². The maximum atomic E-state index is 11.4. The van der Waals surface area contributed by atoms with Gasteiger partial charge in [0.05, 0.1) is 7.11 Å². The lowest BCUT2D eigenvalue weighted by molar-refractivity contribution is -0.160. The van der Waals surface area contributed by atoms with Gasteiger partial charge in [-0.1, -0.05) is 0 Å². The largest absolute Gasteiger partial charge is 0.479 e. The van der Waals surface area contributed by atoms with Crippen LogP contribution < -0.4 is 5.32 Å². The SMILES string of the molecule is COC(=O)C(C)(NC(=O)OC(C)(C)C)C(=O)O. The zero-order valence-corrected chi connectivity index (χ0v) is 10.5. The third-order valence-electron chi connectivity index (χ3n) is 1.77. The number of esters is 1. The molecule has 0 aromatic rings. The first-order chi connectivity index (χ1) is 7.53. The van der Waals surface area contributed by atoms with Crippen LogP contribution in [0, 0.1) is 0 Å². The number of carbonyl (C=O) groups excluding carboxylic acids is 2. The second-order valence-electron chi connectivity index (χ2n) is 4.55. The van der Waals surface area contributed by atoms with Gasteiger partial charge in [0.2, 0.25) is 5.54 Å². The molecule has 1 amide bonds. The minimum absolute atomic E-state index is 0.792. The molecule has 0 fully saturated rings. The number of carboxylic acid groups (broad SMARTS) is 1. The topological polar surface area (TPSA) is 102 Å². The molecular weight excluding hydrogens is 230 g/mol. The molecule has 98 valence electrons. The molecule has 0 rings (SSSR count). The Kier molecular flexibility index (Phi) is 4.50. The van der Waals surface area contributed by atoms with E-state index in [0.717, 1.165) is 14.0 Å². The third kappa shape index (κ3) is 4.29. The molecular formula is C10H17NO6. The molecule has 0 saturated heterocycles. The van der Waals surface area contributed by atoms with Crippen molar-refractivity contribution >= 4 is 18.0 Å². The molecule has 0 aromatic heterocycles. The van der Waals surface area contributed by atoms with Gasteiger partial charge in [0.25, 0.3) is 0 Å². The summed E-state index contributed by atoms with van der Waals surface area (Å²) in [4.78, 5) is 33.6. The molecule has 17 heavy (non-hydrogen) atoms. The van der Waals surface area contributed by atoms with E-state index in [1.807, 2.05) is 5.32 Å². The highest BCUT2D eigenvalue weighted by Crippen LogP contribution is 2.11. The number of nitrogens with one attached hydrogen (secondary N) is 1. The molecule has 2 N–H and O–H groups in total. The zero-order chi connectivity index (χ0) is 13.9. The van der Waals surface area contributed by atoms with Gasteiger partial charge in [0.15, 0.2) is 0 Å². The fraction of sp³-hybridized carbons (Fsp3) is 0.700. The summed E-state index contributed by atoms with van der Waals surface area (Å²) in [6, 6.07) is 0. The van der Waals surface area contributed by atoms with Crippen LogP contribution in [-0.2, 0) is 19.1 Å². The maximum Gasteiger partial charge on any atom is 0.409 e. The average Bonchev–Trinajstić information content (AvgIpc) is 2.12. The number of carbonyl (C=O) groups is 3. The lowest BCUT2D eigenvalue weighted by atomic mass is 10.0.